The number of unbranched alkanes of at least 4 members (excludes halogenated alkanes) is 14. The SMILES string of the molecule is CC(C)CCCCCCCCCCCCCO.CCCCCCCC(=O)O. The number of hydrogen-bond acceptors (Lipinski definition) is 2. The predicted molar refractivity (Wildman–Crippen MR) is 118 cm³/mol. The Labute approximate surface area is 170 Å². The summed E-state index contributed by atoms with van der Waals surface area (Å²) in [6, 6.07) is 0. The van der Waals surface area contributed by atoms with E-state index in [0.29, 0.717) is 13.0 Å². The highest BCUT2D eigenvalue weighted by Crippen LogP contribution is 2.13. The summed E-state index contributed by atoms with van der Waals surface area (Å²) in [7, 11) is 0. The van der Waals surface area contributed by atoms with E-state index in [1.54, 1.807) is 0 Å². The smallest absolute Gasteiger partial charge is 0.303 e. The first-order valence-corrected chi connectivity index (χ1v) is 11.9. The normalized spacial score (nSPS) is 10.7. The van der Waals surface area contributed by atoms with Crippen LogP contribution in [0.1, 0.15) is 136 Å². The van der Waals surface area contributed by atoms with Crippen molar-refractivity contribution in [2.24, 2.45) is 5.92 Å². The minimum absolute atomic E-state index is 0.337. The molecule has 0 aromatic heterocycles. The maximum Gasteiger partial charge on any atom is 0.303 e. The second-order valence-electron chi connectivity index (χ2n) is 8.35. The van der Waals surface area contributed by atoms with Crippen LogP contribution in [-0.4, -0.2) is 22.8 Å². The van der Waals surface area contributed by atoms with Crippen LogP contribution >= 0.6 is 0 Å². The van der Waals surface area contributed by atoms with Gasteiger partial charge in [0.1, 0.15) is 0 Å². The highest BCUT2D eigenvalue weighted by atomic mass is 16.4. The molecule has 3 heteroatoms. The molecule has 0 unspecified atom stereocenters. The van der Waals surface area contributed by atoms with E-state index in [1.807, 2.05) is 0 Å². The third-order valence-corrected chi connectivity index (χ3v) is 4.93. The Balaban J connectivity index is 0. The van der Waals surface area contributed by atoms with Crippen molar-refractivity contribution < 1.29 is 15.0 Å². The third kappa shape index (κ3) is 33.4. The van der Waals surface area contributed by atoms with E-state index in [4.69, 9.17) is 10.2 Å². The summed E-state index contributed by atoms with van der Waals surface area (Å²) in [6.07, 6.45) is 22.2. The van der Waals surface area contributed by atoms with Crippen molar-refractivity contribution in [2.75, 3.05) is 6.61 Å². The van der Waals surface area contributed by atoms with Gasteiger partial charge in [-0.05, 0) is 18.8 Å². The molecule has 0 aromatic carbocycles. The quantitative estimate of drug-likeness (QED) is 0.223. The number of carboxylic acid groups (broad SMARTS) is 1. The lowest BCUT2D eigenvalue weighted by Gasteiger charge is -2.04. The first kappa shape index (κ1) is 28.6. The minimum atomic E-state index is -0.670. The van der Waals surface area contributed by atoms with E-state index in [0.717, 1.165) is 25.2 Å². The molecule has 0 radical (unpaired) electrons. The molecular formula is C24H50O3. The van der Waals surface area contributed by atoms with Crippen LogP contribution in [-0.2, 0) is 4.79 Å². The first-order chi connectivity index (χ1) is 13.0. The Kier molecular flexibility index (Phi) is 27.0. The maximum absolute atomic E-state index is 10.0. The Morgan fingerprint density at radius 1 is 0.667 bits per heavy atom. The van der Waals surface area contributed by atoms with Crippen molar-refractivity contribution >= 4 is 5.97 Å². The summed E-state index contributed by atoms with van der Waals surface area (Å²) >= 11 is 0. The lowest BCUT2D eigenvalue weighted by molar-refractivity contribution is -0.137. The van der Waals surface area contributed by atoms with Crippen molar-refractivity contribution in [1.82, 2.24) is 0 Å². The Morgan fingerprint density at radius 3 is 1.48 bits per heavy atom. The molecule has 27 heavy (non-hydrogen) atoms. The molecule has 0 fully saturated rings. The van der Waals surface area contributed by atoms with Crippen LogP contribution in [0.3, 0.4) is 0 Å². The van der Waals surface area contributed by atoms with Crippen LogP contribution in [0.5, 0.6) is 0 Å². The summed E-state index contributed by atoms with van der Waals surface area (Å²) in [5, 5.41) is 16.9. The molecule has 0 bridgehead atoms. The second kappa shape index (κ2) is 25.4. The lowest BCUT2D eigenvalue weighted by atomic mass is 10.0. The predicted octanol–water partition coefficient (Wildman–Crippen LogP) is 7.75. The number of rotatable bonds is 19. The largest absolute Gasteiger partial charge is 0.481 e. The van der Waals surface area contributed by atoms with Gasteiger partial charge in [0, 0.05) is 13.0 Å². The standard InChI is InChI=1S/C16H34O.C8H16O2/c1-16(2)14-12-10-8-6-4-3-5-7-9-11-13-15-17;1-2-3-4-5-6-7-8(9)10/h16-17H,3-15H2,1-2H3;2-7H2,1H3,(H,9,10). The van der Waals surface area contributed by atoms with Crippen LogP contribution in [0.25, 0.3) is 0 Å². The van der Waals surface area contributed by atoms with Gasteiger partial charge in [-0.3, -0.25) is 4.79 Å². The number of aliphatic carboxylic acids is 1. The molecule has 2 N–H and O–H groups in total. The molecule has 0 aliphatic heterocycles. The van der Waals surface area contributed by atoms with Gasteiger partial charge < -0.3 is 10.2 Å². The molecule has 0 amide bonds. The third-order valence-electron chi connectivity index (χ3n) is 4.93. The lowest BCUT2D eigenvalue weighted by Crippen LogP contribution is -1.93. The van der Waals surface area contributed by atoms with Crippen molar-refractivity contribution in [3.8, 4) is 0 Å². The van der Waals surface area contributed by atoms with E-state index in [-0.39, 0.29) is 0 Å². The van der Waals surface area contributed by atoms with Crippen molar-refractivity contribution in [3.63, 3.8) is 0 Å². The van der Waals surface area contributed by atoms with E-state index < -0.39 is 5.97 Å². The van der Waals surface area contributed by atoms with Gasteiger partial charge in [0.15, 0.2) is 0 Å². The number of aliphatic hydroxyl groups is 1. The molecular weight excluding hydrogens is 336 g/mol. The molecule has 3 nitrogen and oxygen atoms in total. The van der Waals surface area contributed by atoms with Crippen molar-refractivity contribution in [1.29, 1.82) is 0 Å². The zero-order chi connectivity index (χ0) is 20.6. The maximum atomic E-state index is 10.0. The zero-order valence-corrected chi connectivity index (χ0v) is 18.8. The number of carbonyl (C=O) groups is 1. The second-order valence-corrected chi connectivity index (χ2v) is 8.35. The van der Waals surface area contributed by atoms with E-state index in [2.05, 4.69) is 20.8 Å². The fourth-order valence-corrected chi connectivity index (χ4v) is 3.14. The molecule has 0 rings (SSSR count). The van der Waals surface area contributed by atoms with Crippen LogP contribution in [0.4, 0.5) is 0 Å². The molecule has 0 atom stereocenters. The molecule has 0 spiro atoms. The fourth-order valence-electron chi connectivity index (χ4n) is 3.14. The van der Waals surface area contributed by atoms with E-state index in [9.17, 15) is 4.79 Å². The summed E-state index contributed by atoms with van der Waals surface area (Å²) < 4.78 is 0. The Hall–Kier alpha value is -0.570. The van der Waals surface area contributed by atoms with Crippen LogP contribution in [0.15, 0.2) is 0 Å². The summed E-state index contributed by atoms with van der Waals surface area (Å²) in [6.45, 7) is 7.15. The fraction of sp³-hybridized carbons (Fsp3) is 0.958. The molecule has 0 aliphatic carbocycles. The highest BCUT2D eigenvalue weighted by molar-refractivity contribution is 5.66. The van der Waals surface area contributed by atoms with Crippen LogP contribution in [0, 0.1) is 5.92 Å². The summed E-state index contributed by atoms with van der Waals surface area (Å²) in [4.78, 5) is 10.0. The summed E-state index contributed by atoms with van der Waals surface area (Å²) in [5.74, 6) is 0.213. The molecule has 164 valence electrons. The number of carboxylic acids is 1. The van der Waals surface area contributed by atoms with Gasteiger partial charge in [0.2, 0.25) is 0 Å². The Bertz CT molecular complexity index is 277. The van der Waals surface area contributed by atoms with Gasteiger partial charge in [-0.2, -0.15) is 0 Å². The monoisotopic (exact) mass is 386 g/mol. The number of hydrogen-bond donors (Lipinski definition) is 2. The molecule has 0 heterocycles. The summed E-state index contributed by atoms with van der Waals surface area (Å²) in [5.41, 5.74) is 0. The molecule has 0 aromatic rings. The van der Waals surface area contributed by atoms with Crippen LogP contribution in [0.2, 0.25) is 0 Å². The van der Waals surface area contributed by atoms with Gasteiger partial charge in [0.05, 0.1) is 0 Å². The van der Waals surface area contributed by atoms with Gasteiger partial charge in [-0.15, -0.1) is 0 Å². The van der Waals surface area contributed by atoms with Crippen molar-refractivity contribution in [3.05, 3.63) is 0 Å². The van der Waals surface area contributed by atoms with E-state index >= 15 is 0 Å². The average molecular weight is 387 g/mol. The average Bonchev–Trinajstić information content (AvgIpc) is 2.62. The molecule has 0 saturated heterocycles. The first-order valence-electron chi connectivity index (χ1n) is 11.9. The Morgan fingerprint density at radius 2 is 1.07 bits per heavy atom. The van der Waals surface area contributed by atoms with Crippen molar-refractivity contribution in [2.45, 2.75) is 136 Å². The zero-order valence-electron chi connectivity index (χ0n) is 18.8. The number of aliphatic hydroxyl groups excluding tert-OH is 1. The topological polar surface area (TPSA) is 57.5 Å². The van der Waals surface area contributed by atoms with Gasteiger partial charge in [0.25, 0.3) is 0 Å². The molecule has 0 aliphatic rings. The minimum Gasteiger partial charge on any atom is -0.481 e. The van der Waals surface area contributed by atoms with Gasteiger partial charge >= 0.3 is 5.97 Å². The molecule has 0 saturated carbocycles. The van der Waals surface area contributed by atoms with Gasteiger partial charge in [-0.1, -0.05) is 117 Å². The van der Waals surface area contributed by atoms with E-state index in [1.165, 1.54) is 89.9 Å². The van der Waals surface area contributed by atoms with Crippen LogP contribution < -0.4 is 0 Å². The highest BCUT2D eigenvalue weighted by Gasteiger charge is 1.96. The van der Waals surface area contributed by atoms with Gasteiger partial charge in [-0.25, -0.2) is 0 Å².